The van der Waals surface area contributed by atoms with E-state index < -0.39 is 33.5 Å². The highest BCUT2D eigenvalue weighted by Crippen LogP contribution is 2.37. The average Bonchev–Trinajstić information content (AvgIpc) is 3.29. The Bertz CT molecular complexity index is 1180. The number of carbonyl (C=O) groups excluding carboxylic acids is 1. The number of ether oxygens (including phenoxy) is 1. The lowest BCUT2D eigenvalue weighted by molar-refractivity contribution is 0.0926. The van der Waals surface area contributed by atoms with Crippen molar-refractivity contribution in [2.75, 3.05) is 39.8 Å². The monoisotopic (exact) mass is 507 g/mol. The molecule has 2 aromatic rings. The van der Waals surface area contributed by atoms with Crippen molar-refractivity contribution in [3.8, 4) is 11.5 Å². The Morgan fingerprint density at radius 1 is 1.17 bits per heavy atom. The number of nitrogens with zero attached hydrogens (tertiary/aromatic N) is 2. The van der Waals surface area contributed by atoms with Gasteiger partial charge in [0.2, 0.25) is 0 Å². The van der Waals surface area contributed by atoms with E-state index in [0.717, 1.165) is 0 Å². The molecule has 1 atom stereocenters. The van der Waals surface area contributed by atoms with Gasteiger partial charge < -0.3 is 20.3 Å². The van der Waals surface area contributed by atoms with Crippen LogP contribution < -0.4 is 10.1 Å². The molecule has 0 bridgehead atoms. The molecule has 2 heterocycles. The van der Waals surface area contributed by atoms with Crippen molar-refractivity contribution >= 4 is 16.1 Å². The van der Waals surface area contributed by atoms with E-state index in [-0.39, 0.29) is 49.8 Å². The second-order valence-corrected chi connectivity index (χ2v) is 11.0. The summed E-state index contributed by atoms with van der Waals surface area (Å²) < 4.78 is 48.2. The van der Waals surface area contributed by atoms with Gasteiger partial charge in [0.15, 0.2) is 0 Å². The van der Waals surface area contributed by atoms with Crippen molar-refractivity contribution in [1.29, 1.82) is 0 Å². The van der Waals surface area contributed by atoms with Crippen LogP contribution in [0.1, 0.15) is 35.2 Å². The number of hydrogen-bond donors (Lipinski definition) is 3. The molecule has 0 aliphatic carbocycles. The summed E-state index contributed by atoms with van der Waals surface area (Å²) >= 11 is 0. The summed E-state index contributed by atoms with van der Waals surface area (Å²) in [5.74, 6) is -0.972. The normalized spacial score (nSPS) is 21.1. The van der Waals surface area contributed by atoms with Crippen LogP contribution in [0.15, 0.2) is 42.5 Å². The Kier molecular flexibility index (Phi) is 7.32. The van der Waals surface area contributed by atoms with Crippen LogP contribution >= 0.6 is 0 Å². The van der Waals surface area contributed by atoms with Crippen LogP contribution in [0.4, 0.5) is 4.39 Å². The van der Waals surface area contributed by atoms with Gasteiger partial charge in [-0.05, 0) is 49.1 Å². The maximum atomic E-state index is 14.1. The number of aliphatic hydroxyl groups is 1. The Balaban J connectivity index is 1.55. The quantitative estimate of drug-likeness (QED) is 0.524. The van der Waals surface area contributed by atoms with Crippen molar-refractivity contribution in [3.63, 3.8) is 0 Å². The Morgan fingerprint density at radius 2 is 1.89 bits per heavy atom. The zero-order chi connectivity index (χ0) is 25.2. The summed E-state index contributed by atoms with van der Waals surface area (Å²) in [7, 11) is -2.33. The first-order valence-corrected chi connectivity index (χ1v) is 12.9. The highest BCUT2D eigenvalue weighted by Gasteiger charge is 2.43. The fraction of sp³-hybridized carbons (Fsp3) is 0.458. The molecule has 0 radical (unpaired) electrons. The first-order valence-electron chi connectivity index (χ1n) is 11.5. The van der Waals surface area contributed by atoms with Crippen molar-refractivity contribution in [1.82, 2.24) is 13.9 Å². The summed E-state index contributed by atoms with van der Waals surface area (Å²) in [6.07, 6.45) is 0.443. The molecule has 1 amide bonds. The lowest BCUT2D eigenvalue weighted by Crippen LogP contribution is -2.53. The predicted molar refractivity (Wildman–Crippen MR) is 127 cm³/mol. The van der Waals surface area contributed by atoms with Gasteiger partial charge in [-0.3, -0.25) is 4.79 Å². The molecule has 0 unspecified atom stereocenters. The van der Waals surface area contributed by atoms with Crippen LogP contribution in [0.5, 0.6) is 11.5 Å². The first-order chi connectivity index (χ1) is 16.7. The molecule has 190 valence electrons. The number of β-amino-alcohol motifs (C(OH)–C–C–N with tert-alkyl or cyclic N) is 1. The van der Waals surface area contributed by atoms with Crippen LogP contribution in [-0.2, 0) is 15.6 Å². The summed E-state index contributed by atoms with van der Waals surface area (Å²) in [5, 5.41) is 22.8. The fourth-order valence-corrected chi connectivity index (χ4v) is 6.54. The van der Waals surface area contributed by atoms with Crippen molar-refractivity contribution in [2.45, 2.75) is 30.8 Å². The zero-order valence-corrected chi connectivity index (χ0v) is 20.3. The number of piperidine rings is 1. The third-order valence-electron chi connectivity index (χ3n) is 6.93. The highest BCUT2D eigenvalue weighted by molar-refractivity contribution is 7.86. The number of rotatable bonds is 7. The first kappa shape index (κ1) is 25.4. The number of benzene rings is 2. The van der Waals surface area contributed by atoms with Gasteiger partial charge in [0.25, 0.3) is 16.1 Å². The number of phenols is 1. The Labute approximate surface area is 204 Å². The molecule has 3 N–H and O–H groups in total. The third-order valence-corrected chi connectivity index (χ3v) is 8.94. The number of phenolic OH excluding ortho intramolecular Hbond substituents is 1. The molecule has 11 heteroatoms. The summed E-state index contributed by atoms with van der Waals surface area (Å²) in [4.78, 5) is 13.0. The van der Waals surface area contributed by atoms with Gasteiger partial charge in [0, 0.05) is 38.1 Å². The van der Waals surface area contributed by atoms with Crippen LogP contribution in [0.25, 0.3) is 0 Å². The van der Waals surface area contributed by atoms with Crippen LogP contribution in [0.2, 0.25) is 0 Å². The lowest BCUT2D eigenvalue weighted by atomic mass is 9.73. The smallest absolute Gasteiger partial charge is 0.282 e. The van der Waals surface area contributed by atoms with Crippen molar-refractivity contribution < 1.29 is 32.6 Å². The molecule has 2 aliphatic rings. The van der Waals surface area contributed by atoms with Crippen LogP contribution in [0, 0.1) is 5.82 Å². The van der Waals surface area contributed by atoms with Crippen molar-refractivity contribution in [3.05, 3.63) is 59.4 Å². The predicted octanol–water partition coefficient (Wildman–Crippen LogP) is 1.61. The molecule has 2 fully saturated rings. The number of nitrogens with one attached hydrogen (secondary N) is 1. The van der Waals surface area contributed by atoms with Gasteiger partial charge in [-0.25, -0.2) is 4.39 Å². The third kappa shape index (κ3) is 5.13. The molecule has 0 saturated carbocycles. The molecule has 0 spiro atoms. The second-order valence-electron chi connectivity index (χ2n) is 9.04. The average molecular weight is 508 g/mol. The number of aliphatic hydroxyl groups excluding tert-OH is 1. The maximum absolute atomic E-state index is 14.1. The van der Waals surface area contributed by atoms with E-state index in [4.69, 9.17) is 4.74 Å². The summed E-state index contributed by atoms with van der Waals surface area (Å²) in [6, 6.07) is 10.6. The van der Waals surface area contributed by atoms with E-state index in [0.29, 0.717) is 24.8 Å². The fourth-order valence-electron chi connectivity index (χ4n) is 4.87. The van der Waals surface area contributed by atoms with E-state index in [1.807, 2.05) is 0 Å². The lowest BCUT2D eigenvalue weighted by Gasteiger charge is -2.42. The van der Waals surface area contributed by atoms with Gasteiger partial charge >= 0.3 is 0 Å². The minimum absolute atomic E-state index is 0.00278. The van der Waals surface area contributed by atoms with E-state index in [1.165, 1.54) is 33.9 Å². The summed E-state index contributed by atoms with van der Waals surface area (Å²) in [6.45, 7) is 0.825. The maximum Gasteiger partial charge on any atom is 0.282 e. The van der Waals surface area contributed by atoms with Gasteiger partial charge in [-0.15, -0.1) is 0 Å². The van der Waals surface area contributed by atoms with E-state index in [9.17, 15) is 27.8 Å². The molecule has 2 aliphatic heterocycles. The van der Waals surface area contributed by atoms with Crippen LogP contribution in [0.3, 0.4) is 0 Å². The number of amides is 1. The molecule has 0 aromatic heterocycles. The molecule has 2 saturated heterocycles. The number of halogens is 1. The van der Waals surface area contributed by atoms with Crippen LogP contribution in [-0.4, -0.2) is 79.1 Å². The molecule has 4 rings (SSSR count). The molecular formula is C24H30FN3O6S. The Morgan fingerprint density at radius 3 is 2.51 bits per heavy atom. The summed E-state index contributed by atoms with van der Waals surface area (Å²) in [5.41, 5.74) is -0.0564. The number of hydrogen-bond acceptors (Lipinski definition) is 6. The zero-order valence-electron chi connectivity index (χ0n) is 19.5. The highest BCUT2D eigenvalue weighted by atomic mass is 32.2. The minimum atomic E-state index is -3.73. The van der Waals surface area contributed by atoms with E-state index in [2.05, 4.69) is 5.32 Å². The van der Waals surface area contributed by atoms with E-state index in [1.54, 1.807) is 24.3 Å². The van der Waals surface area contributed by atoms with Gasteiger partial charge in [-0.1, -0.05) is 18.2 Å². The number of aromatic hydroxyl groups is 1. The minimum Gasteiger partial charge on any atom is -0.507 e. The second kappa shape index (κ2) is 10.1. The van der Waals surface area contributed by atoms with Crippen molar-refractivity contribution in [2.24, 2.45) is 0 Å². The number of carbonyl (C=O) groups is 1. The van der Waals surface area contributed by atoms with Gasteiger partial charge in [0.05, 0.1) is 13.2 Å². The molecular weight excluding hydrogens is 477 g/mol. The SMILES string of the molecule is COc1cccc(O)c1C(=O)NCC1(c2cccc(F)c2)CCN(S(=O)(=O)N2CC[C@@H](O)C2)CC1. The Hall–Kier alpha value is -2.73. The number of methoxy groups -OCH3 is 1. The molecule has 35 heavy (non-hydrogen) atoms. The molecule has 9 nitrogen and oxygen atoms in total. The largest absolute Gasteiger partial charge is 0.507 e. The standard InChI is InChI=1S/C24H30FN3O6S/c1-34-21-7-3-6-20(30)22(21)23(31)26-16-24(17-4-2-5-18(25)14-17)9-12-27(13-10-24)35(32,33)28-11-8-19(29)15-28/h2-7,14,19,29-30H,8-13,15-16H2,1H3,(H,26,31)/t19-/m1/s1. The van der Waals surface area contributed by atoms with E-state index >= 15 is 0 Å². The molecule has 2 aromatic carbocycles. The topological polar surface area (TPSA) is 119 Å². The van der Waals surface area contributed by atoms with Gasteiger partial charge in [0.1, 0.15) is 22.9 Å². The van der Waals surface area contributed by atoms with Gasteiger partial charge in [-0.2, -0.15) is 17.0 Å².